The maximum atomic E-state index is 12.4. The lowest BCUT2D eigenvalue weighted by atomic mass is 9.88. The highest BCUT2D eigenvalue weighted by Crippen LogP contribution is 2.42. The molecule has 1 amide bonds. The van der Waals surface area contributed by atoms with Gasteiger partial charge in [-0.05, 0) is 35.9 Å². The zero-order valence-electron chi connectivity index (χ0n) is 15.0. The summed E-state index contributed by atoms with van der Waals surface area (Å²) in [5.41, 5.74) is 2.65. The highest BCUT2D eigenvalue weighted by Gasteiger charge is 2.34. The molecular formula is C21H17ClN2O4. The minimum absolute atomic E-state index is 0.0379. The molecule has 1 atom stereocenters. The van der Waals surface area contributed by atoms with Crippen molar-refractivity contribution in [2.75, 3.05) is 12.4 Å². The number of nitrogens with zero attached hydrogens (tertiary/aromatic N) is 1. The van der Waals surface area contributed by atoms with E-state index in [1.165, 1.54) is 6.20 Å². The lowest BCUT2D eigenvalue weighted by Gasteiger charge is -2.26. The van der Waals surface area contributed by atoms with Crippen LogP contribution in [0.1, 0.15) is 34.0 Å². The number of hydrogen-bond acceptors (Lipinski definition) is 3. The number of carboxylic acid groups (broad SMARTS) is 1. The highest BCUT2D eigenvalue weighted by atomic mass is 35.5. The summed E-state index contributed by atoms with van der Waals surface area (Å²) in [5, 5.41) is 12.9. The zero-order valence-corrected chi connectivity index (χ0v) is 15.7. The molecule has 0 spiro atoms. The van der Waals surface area contributed by atoms with E-state index in [-0.39, 0.29) is 23.8 Å². The molecule has 0 fully saturated rings. The van der Waals surface area contributed by atoms with Gasteiger partial charge in [0.15, 0.2) is 0 Å². The molecule has 28 heavy (non-hydrogen) atoms. The summed E-state index contributed by atoms with van der Waals surface area (Å²) in [7, 11) is 1.58. The summed E-state index contributed by atoms with van der Waals surface area (Å²) >= 11 is 6.15. The number of methoxy groups -OCH3 is 1. The average Bonchev–Trinajstić information content (AvgIpc) is 3.07. The summed E-state index contributed by atoms with van der Waals surface area (Å²) in [6.07, 6.45) is 1.72. The van der Waals surface area contributed by atoms with E-state index < -0.39 is 5.97 Å². The molecule has 1 aromatic heterocycles. The van der Waals surface area contributed by atoms with Crippen molar-refractivity contribution in [2.24, 2.45) is 0 Å². The van der Waals surface area contributed by atoms with E-state index in [1.807, 2.05) is 30.3 Å². The van der Waals surface area contributed by atoms with Crippen LogP contribution in [0, 0.1) is 0 Å². The van der Waals surface area contributed by atoms with Crippen LogP contribution in [0.15, 0.2) is 54.7 Å². The number of anilines is 1. The van der Waals surface area contributed by atoms with Crippen LogP contribution in [-0.2, 0) is 4.79 Å². The first kappa shape index (κ1) is 18.1. The minimum atomic E-state index is -1.11. The molecule has 4 rings (SSSR count). The molecular weight excluding hydrogens is 380 g/mol. The zero-order chi connectivity index (χ0) is 19.8. The summed E-state index contributed by atoms with van der Waals surface area (Å²) < 4.78 is 7.10. The van der Waals surface area contributed by atoms with Gasteiger partial charge in [0.1, 0.15) is 11.3 Å². The number of aromatic carboxylic acids is 1. The van der Waals surface area contributed by atoms with Gasteiger partial charge in [-0.2, -0.15) is 0 Å². The maximum Gasteiger partial charge on any atom is 0.339 e. The number of halogens is 1. The first-order valence-corrected chi connectivity index (χ1v) is 9.04. The Morgan fingerprint density at radius 1 is 1.25 bits per heavy atom. The number of carbonyl (C=O) groups is 2. The van der Waals surface area contributed by atoms with Crippen molar-refractivity contribution >= 4 is 29.2 Å². The van der Waals surface area contributed by atoms with E-state index >= 15 is 0 Å². The van der Waals surface area contributed by atoms with Gasteiger partial charge in [-0.15, -0.1) is 0 Å². The van der Waals surface area contributed by atoms with Gasteiger partial charge in [-0.25, -0.2) is 4.79 Å². The Balaban J connectivity index is 1.97. The Kier molecular flexibility index (Phi) is 4.57. The molecule has 0 radical (unpaired) electrons. The maximum absolute atomic E-state index is 12.4. The number of carboxylic acids is 1. The molecule has 6 nitrogen and oxygen atoms in total. The molecule has 2 N–H and O–H groups in total. The second kappa shape index (κ2) is 7.05. The molecule has 0 saturated heterocycles. The molecule has 1 aliphatic rings. The molecule has 0 aliphatic carbocycles. The largest absolute Gasteiger partial charge is 0.497 e. The molecule has 1 unspecified atom stereocenters. The van der Waals surface area contributed by atoms with Crippen molar-refractivity contribution in [3.63, 3.8) is 0 Å². The number of rotatable bonds is 4. The fraction of sp³-hybridized carbons (Fsp3) is 0.143. The average molecular weight is 397 g/mol. The normalized spacial score (nSPS) is 15.6. The van der Waals surface area contributed by atoms with E-state index in [1.54, 1.807) is 29.9 Å². The lowest BCUT2D eigenvalue weighted by molar-refractivity contribution is -0.116. The fourth-order valence-electron chi connectivity index (χ4n) is 3.60. The summed E-state index contributed by atoms with van der Waals surface area (Å²) in [6.45, 7) is 0. The van der Waals surface area contributed by atoms with Crippen LogP contribution in [0.3, 0.4) is 0 Å². The van der Waals surface area contributed by atoms with Crippen molar-refractivity contribution in [1.82, 2.24) is 4.57 Å². The number of nitrogens with one attached hydrogen (secondary N) is 1. The van der Waals surface area contributed by atoms with Crippen LogP contribution < -0.4 is 10.1 Å². The Morgan fingerprint density at radius 3 is 2.75 bits per heavy atom. The van der Waals surface area contributed by atoms with Crippen LogP contribution >= 0.6 is 11.6 Å². The van der Waals surface area contributed by atoms with Gasteiger partial charge in [-0.1, -0.05) is 29.8 Å². The highest BCUT2D eigenvalue weighted by molar-refractivity contribution is 6.30. The summed E-state index contributed by atoms with van der Waals surface area (Å²) in [5.74, 6) is -0.995. The SMILES string of the molecule is COc1cccc(C2CC(=O)Nc3c(C(=O)O)cn(-c4cccc(Cl)c4)c32)c1. The lowest BCUT2D eigenvalue weighted by Crippen LogP contribution is -2.25. The van der Waals surface area contributed by atoms with E-state index in [0.29, 0.717) is 22.2 Å². The van der Waals surface area contributed by atoms with E-state index in [9.17, 15) is 14.7 Å². The molecule has 0 bridgehead atoms. The van der Waals surface area contributed by atoms with Gasteiger partial charge >= 0.3 is 5.97 Å². The van der Waals surface area contributed by atoms with Crippen LogP contribution in [0.4, 0.5) is 5.69 Å². The first-order chi connectivity index (χ1) is 13.5. The van der Waals surface area contributed by atoms with Gasteiger partial charge < -0.3 is 19.7 Å². The van der Waals surface area contributed by atoms with Crippen LogP contribution in [0.25, 0.3) is 5.69 Å². The van der Waals surface area contributed by atoms with Crippen LogP contribution in [-0.4, -0.2) is 28.7 Å². The molecule has 2 aromatic carbocycles. The van der Waals surface area contributed by atoms with Crippen molar-refractivity contribution < 1.29 is 19.4 Å². The third kappa shape index (κ3) is 3.12. The Bertz CT molecular complexity index is 1090. The number of aromatic nitrogens is 1. The number of fused-ring (bicyclic) bond motifs is 1. The minimum Gasteiger partial charge on any atom is -0.497 e. The van der Waals surface area contributed by atoms with Gasteiger partial charge in [0.2, 0.25) is 5.91 Å². The molecule has 2 heterocycles. The Morgan fingerprint density at radius 2 is 2.04 bits per heavy atom. The number of benzene rings is 2. The standard InChI is InChI=1S/C21H17ClN2O4/c1-28-15-7-2-4-12(8-15)16-10-18(25)23-19-17(21(26)27)11-24(20(16)19)14-6-3-5-13(22)9-14/h2-9,11,16H,10H2,1H3,(H,23,25)(H,26,27). The third-order valence-corrected chi connectivity index (χ3v) is 5.08. The predicted molar refractivity (Wildman–Crippen MR) is 106 cm³/mol. The van der Waals surface area contributed by atoms with Crippen LogP contribution in [0.2, 0.25) is 5.02 Å². The molecule has 0 saturated carbocycles. The van der Waals surface area contributed by atoms with Crippen molar-refractivity contribution in [3.8, 4) is 11.4 Å². The third-order valence-electron chi connectivity index (χ3n) is 4.84. The topological polar surface area (TPSA) is 80.6 Å². The van der Waals surface area contributed by atoms with E-state index in [4.69, 9.17) is 16.3 Å². The van der Waals surface area contributed by atoms with Crippen molar-refractivity contribution in [2.45, 2.75) is 12.3 Å². The Labute approximate surface area is 166 Å². The monoisotopic (exact) mass is 396 g/mol. The number of hydrogen-bond donors (Lipinski definition) is 2. The first-order valence-electron chi connectivity index (χ1n) is 8.66. The number of carbonyl (C=O) groups excluding carboxylic acids is 1. The fourth-order valence-corrected chi connectivity index (χ4v) is 3.79. The quantitative estimate of drug-likeness (QED) is 0.688. The summed E-state index contributed by atoms with van der Waals surface area (Å²) in [6, 6.07) is 14.6. The van der Waals surface area contributed by atoms with Crippen LogP contribution in [0.5, 0.6) is 5.75 Å². The second-order valence-corrected chi connectivity index (χ2v) is 6.98. The van der Waals surface area contributed by atoms with Gasteiger partial charge in [-0.3, -0.25) is 4.79 Å². The summed E-state index contributed by atoms with van der Waals surface area (Å²) in [4.78, 5) is 24.2. The van der Waals surface area contributed by atoms with Crippen molar-refractivity contribution in [1.29, 1.82) is 0 Å². The molecule has 1 aliphatic heterocycles. The molecule has 142 valence electrons. The van der Waals surface area contributed by atoms with Gasteiger partial charge in [0, 0.05) is 29.2 Å². The van der Waals surface area contributed by atoms with E-state index in [0.717, 1.165) is 11.3 Å². The number of ether oxygens (including phenoxy) is 1. The predicted octanol–water partition coefficient (Wildman–Crippen LogP) is 4.31. The Hall–Kier alpha value is -3.25. The number of amides is 1. The smallest absolute Gasteiger partial charge is 0.339 e. The van der Waals surface area contributed by atoms with Crippen molar-refractivity contribution in [3.05, 3.63) is 76.6 Å². The molecule has 3 aromatic rings. The second-order valence-electron chi connectivity index (χ2n) is 6.54. The van der Waals surface area contributed by atoms with Gasteiger partial charge in [0.25, 0.3) is 0 Å². The molecule has 7 heteroatoms. The van der Waals surface area contributed by atoms with Gasteiger partial charge in [0.05, 0.1) is 18.5 Å². The van der Waals surface area contributed by atoms with E-state index in [2.05, 4.69) is 5.32 Å².